The molecule has 0 amide bonds. The predicted molar refractivity (Wildman–Crippen MR) is 75.0 cm³/mol. The topological polar surface area (TPSA) is 45.6 Å². The van der Waals surface area contributed by atoms with Gasteiger partial charge in [0.05, 0.1) is 30.2 Å². The van der Waals surface area contributed by atoms with Gasteiger partial charge in [0.25, 0.3) is 0 Å². The summed E-state index contributed by atoms with van der Waals surface area (Å²) in [5, 5.41) is 9.38. The summed E-state index contributed by atoms with van der Waals surface area (Å²) in [7, 11) is 0. The number of hydrogen-bond acceptors (Lipinski definition) is 4. The third-order valence-corrected chi connectivity index (χ3v) is 3.84. The Morgan fingerprint density at radius 2 is 2.05 bits per heavy atom. The first-order valence-electron chi connectivity index (χ1n) is 5.98. The van der Waals surface area contributed by atoms with E-state index < -0.39 is 5.82 Å². The number of aliphatic hydroxyl groups is 1. The molecule has 1 aromatic rings. The van der Waals surface area contributed by atoms with Crippen molar-refractivity contribution in [2.24, 2.45) is 0 Å². The Hall–Kier alpha value is -0.430. The van der Waals surface area contributed by atoms with E-state index in [-0.39, 0.29) is 28.4 Å². The summed E-state index contributed by atoms with van der Waals surface area (Å²) >= 11 is 9.07. The van der Waals surface area contributed by atoms with Crippen molar-refractivity contribution in [3.63, 3.8) is 0 Å². The number of aliphatic hydroxyl groups excluding tert-OH is 1. The second-order valence-corrected chi connectivity index (χ2v) is 5.78. The molecule has 1 aliphatic heterocycles. The smallest absolute Gasteiger partial charge is 0.176 e. The summed E-state index contributed by atoms with van der Waals surface area (Å²) in [6.45, 7) is 4.75. The zero-order valence-corrected chi connectivity index (χ0v) is 13.0. The summed E-state index contributed by atoms with van der Waals surface area (Å²) < 4.78 is 19.5. The normalized spacial score (nSPS) is 23.8. The molecule has 1 N–H and O–H groups in total. The molecule has 0 saturated carbocycles. The minimum Gasteiger partial charge on any atom is -0.390 e. The minimum atomic E-state index is -0.610. The lowest BCUT2D eigenvalue weighted by molar-refractivity contribution is -0.00536. The van der Waals surface area contributed by atoms with Crippen LogP contribution in [0.1, 0.15) is 19.5 Å². The van der Waals surface area contributed by atoms with Crippen LogP contribution in [-0.4, -0.2) is 35.4 Å². The zero-order chi connectivity index (χ0) is 14.2. The number of hydrogen-bond donors (Lipinski definition) is 1. The van der Waals surface area contributed by atoms with E-state index in [2.05, 4.69) is 20.9 Å². The minimum absolute atomic E-state index is 0.0121. The average Bonchev–Trinajstić information content (AvgIpc) is 2.34. The highest BCUT2D eigenvalue weighted by molar-refractivity contribution is 9.10. The molecule has 2 heterocycles. The van der Waals surface area contributed by atoms with Gasteiger partial charge in [-0.1, -0.05) is 11.6 Å². The number of halogens is 3. The van der Waals surface area contributed by atoms with E-state index in [1.807, 2.05) is 18.7 Å². The average molecular weight is 354 g/mol. The molecule has 2 unspecified atom stereocenters. The lowest BCUT2D eigenvalue weighted by Gasteiger charge is -2.37. The van der Waals surface area contributed by atoms with Crippen LogP contribution >= 0.6 is 27.5 Å². The fraction of sp³-hybridized carbons (Fsp3) is 0.583. The first kappa shape index (κ1) is 15.0. The van der Waals surface area contributed by atoms with Gasteiger partial charge >= 0.3 is 0 Å². The monoisotopic (exact) mass is 352 g/mol. The molecule has 7 heteroatoms. The molecule has 2 rings (SSSR count). The Morgan fingerprint density at radius 3 is 2.58 bits per heavy atom. The van der Waals surface area contributed by atoms with Crippen LogP contribution in [0.4, 0.5) is 10.1 Å². The summed E-state index contributed by atoms with van der Waals surface area (Å²) in [4.78, 5) is 5.91. The van der Waals surface area contributed by atoms with Crippen LogP contribution in [0.25, 0.3) is 0 Å². The Bertz CT molecular complexity index is 479. The molecule has 1 fully saturated rings. The predicted octanol–water partition coefficient (Wildman–Crippen LogP) is 2.74. The molecule has 1 aromatic heterocycles. The van der Waals surface area contributed by atoms with E-state index in [0.717, 1.165) is 0 Å². The molecule has 19 heavy (non-hydrogen) atoms. The van der Waals surface area contributed by atoms with Crippen LogP contribution in [0.15, 0.2) is 4.60 Å². The highest BCUT2D eigenvalue weighted by atomic mass is 79.9. The van der Waals surface area contributed by atoms with Crippen LogP contribution in [0.5, 0.6) is 0 Å². The van der Waals surface area contributed by atoms with Crippen LogP contribution in [0.3, 0.4) is 0 Å². The van der Waals surface area contributed by atoms with Crippen molar-refractivity contribution >= 4 is 33.2 Å². The summed E-state index contributed by atoms with van der Waals surface area (Å²) in [6.07, 6.45) is 0.0242. The fourth-order valence-electron chi connectivity index (χ4n) is 2.33. The molecule has 0 bridgehead atoms. The van der Waals surface area contributed by atoms with Crippen molar-refractivity contribution in [2.75, 3.05) is 18.0 Å². The first-order valence-corrected chi connectivity index (χ1v) is 7.15. The van der Waals surface area contributed by atoms with E-state index in [1.54, 1.807) is 0 Å². The maximum atomic E-state index is 13.9. The summed E-state index contributed by atoms with van der Waals surface area (Å²) in [6, 6.07) is 0. The van der Waals surface area contributed by atoms with Crippen molar-refractivity contribution in [3.05, 3.63) is 21.1 Å². The Balaban J connectivity index is 2.45. The molecule has 1 aliphatic rings. The van der Waals surface area contributed by atoms with Gasteiger partial charge in [0.1, 0.15) is 9.63 Å². The molecular formula is C12H15BrClFN2O2. The van der Waals surface area contributed by atoms with Gasteiger partial charge in [0.2, 0.25) is 0 Å². The third kappa shape index (κ3) is 3.02. The number of aromatic nitrogens is 1. The van der Waals surface area contributed by atoms with Crippen LogP contribution in [-0.2, 0) is 11.3 Å². The fourth-order valence-corrected chi connectivity index (χ4v) is 3.18. The van der Waals surface area contributed by atoms with Gasteiger partial charge in [-0.2, -0.15) is 0 Å². The van der Waals surface area contributed by atoms with Crippen molar-refractivity contribution in [1.29, 1.82) is 0 Å². The molecule has 0 radical (unpaired) electrons. The number of anilines is 1. The SMILES string of the molecule is CC1CN(c2c(CO)nc(Br)c(F)c2Cl)CC(C)O1. The molecule has 4 nitrogen and oxygen atoms in total. The van der Waals surface area contributed by atoms with Crippen molar-refractivity contribution in [3.8, 4) is 0 Å². The first-order chi connectivity index (χ1) is 8.93. The molecule has 106 valence electrons. The molecule has 2 atom stereocenters. The number of ether oxygens (including phenoxy) is 1. The van der Waals surface area contributed by atoms with Gasteiger partial charge in [-0.3, -0.25) is 0 Å². The van der Waals surface area contributed by atoms with Crippen molar-refractivity contribution in [1.82, 2.24) is 4.98 Å². The number of nitrogens with zero attached hydrogens (tertiary/aromatic N) is 2. The largest absolute Gasteiger partial charge is 0.390 e. The number of pyridine rings is 1. The van der Waals surface area contributed by atoms with E-state index in [9.17, 15) is 9.50 Å². The molecule has 0 aromatic carbocycles. The van der Waals surface area contributed by atoms with Crippen LogP contribution < -0.4 is 4.90 Å². The van der Waals surface area contributed by atoms with Gasteiger partial charge in [-0.05, 0) is 29.8 Å². The molecule has 1 saturated heterocycles. The Labute approximate surface area is 124 Å². The lowest BCUT2D eigenvalue weighted by atomic mass is 10.2. The van der Waals surface area contributed by atoms with E-state index >= 15 is 0 Å². The maximum absolute atomic E-state index is 13.9. The van der Waals surface area contributed by atoms with Gasteiger partial charge in [0, 0.05) is 13.1 Å². The van der Waals surface area contributed by atoms with E-state index in [4.69, 9.17) is 16.3 Å². The second-order valence-electron chi connectivity index (χ2n) is 4.65. The highest BCUT2D eigenvalue weighted by Crippen LogP contribution is 2.36. The standard InChI is InChI=1S/C12H15BrClFN2O2/c1-6-3-17(4-7(2)19-6)11-8(5-18)16-12(13)10(15)9(11)14/h6-7,18H,3-5H2,1-2H3. The van der Waals surface area contributed by atoms with Gasteiger partial charge in [-0.15, -0.1) is 0 Å². The molecular weight excluding hydrogens is 338 g/mol. The van der Waals surface area contributed by atoms with Gasteiger partial charge < -0.3 is 14.7 Å². The third-order valence-electron chi connectivity index (χ3n) is 2.97. The van der Waals surface area contributed by atoms with Crippen LogP contribution in [0, 0.1) is 5.82 Å². The van der Waals surface area contributed by atoms with Gasteiger partial charge in [0.15, 0.2) is 5.82 Å². The number of rotatable bonds is 2. The number of morpholine rings is 1. The van der Waals surface area contributed by atoms with E-state index in [0.29, 0.717) is 24.5 Å². The summed E-state index contributed by atoms with van der Waals surface area (Å²) in [5.41, 5.74) is 0.812. The molecule has 0 aliphatic carbocycles. The zero-order valence-electron chi connectivity index (χ0n) is 10.7. The van der Waals surface area contributed by atoms with Crippen LogP contribution in [0.2, 0.25) is 5.02 Å². The van der Waals surface area contributed by atoms with Gasteiger partial charge in [-0.25, -0.2) is 9.37 Å². The summed E-state index contributed by atoms with van der Waals surface area (Å²) in [5.74, 6) is -0.610. The maximum Gasteiger partial charge on any atom is 0.176 e. The highest BCUT2D eigenvalue weighted by Gasteiger charge is 2.28. The molecule has 0 spiro atoms. The Kier molecular flexibility index (Phi) is 4.66. The quantitative estimate of drug-likeness (QED) is 0.831. The Morgan fingerprint density at radius 1 is 1.47 bits per heavy atom. The second kappa shape index (κ2) is 5.91. The van der Waals surface area contributed by atoms with Crippen molar-refractivity contribution in [2.45, 2.75) is 32.7 Å². The lowest BCUT2D eigenvalue weighted by Crippen LogP contribution is -2.46. The van der Waals surface area contributed by atoms with E-state index in [1.165, 1.54) is 0 Å². The van der Waals surface area contributed by atoms with Crippen molar-refractivity contribution < 1.29 is 14.2 Å².